The van der Waals surface area contributed by atoms with Gasteiger partial charge < -0.3 is 10.8 Å². The SMILES string of the molecule is CCCCS(=O)(=O)CC1CCc2cc([C@H]3CC[C@](N)(CO)C3)ccc2C1. The van der Waals surface area contributed by atoms with Gasteiger partial charge in [-0.25, -0.2) is 8.42 Å². The van der Waals surface area contributed by atoms with Crippen LogP contribution in [0.5, 0.6) is 0 Å². The van der Waals surface area contributed by atoms with E-state index in [9.17, 15) is 13.5 Å². The molecule has 3 atom stereocenters. The predicted molar refractivity (Wildman–Crippen MR) is 106 cm³/mol. The molecule has 5 heteroatoms. The van der Waals surface area contributed by atoms with Gasteiger partial charge in [-0.05, 0) is 73.5 Å². The predicted octanol–water partition coefficient (Wildman–Crippen LogP) is 2.96. The summed E-state index contributed by atoms with van der Waals surface area (Å²) in [5.74, 6) is 1.36. The van der Waals surface area contributed by atoms with Crippen LogP contribution in [-0.2, 0) is 22.7 Å². The van der Waals surface area contributed by atoms with Gasteiger partial charge in [-0.15, -0.1) is 0 Å². The molecular formula is C21H33NO3S. The second-order valence-corrected chi connectivity index (χ2v) is 10.8. The van der Waals surface area contributed by atoms with Crippen LogP contribution in [-0.4, -0.2) is 37.2 Å². The minimum absolute atomic E-state index is 0.0582. The molecule has 146 valence electrons. The Hall–Kier alpha value is -0.910. The molecule has 0 amide bonds. The minimum atomic E-state index is -2.92. The summed E-state index contributed by atoms with van der Waals surface area (Å²) in [4.78, 5) is 0. The number of unbranched alkanes of at least 4 members (excludes halogenated alkanes) is 1. The summed E-state index contributed by atoms with van der Waals surface area (Å²) in [7, 11) is -2.92. The van der Waals surface area contributed by atoms with Crippen molar-refractivity contribution in [2.75, 3.05) is 18.1 Å². The van der Waals surface area contributed by atoms with Crippen LogP contribution in [0, 0.1) is 5.92 Å². The lowest BCUT2D eigenvalue weighted by Gasteiger charge is -2.26. The highest BCUT2D eigenvalue weighted by Crippen LogP contribution is 2.40. The molecule has 2 aliphatic rings. The number of benzene rings is 1. The second kappa shape index (κ2) is 7.99. The molecule has 0 saturated heterocycles. The monoisotopic (exact) mass is 379 g/mol. The summed E-state index contributed by atoms with van der Waals surface area (Å²) in [5, 5.41) is 9.48. The third kappa shape index (κ3) is 4.68. The molecule has 2 aliphatic carbocycles. The highest BCUT2D eigenvalue weighted by atomic mass is 32.2. The van der Waals surface area contributed by atoms with E-state index in [-0.39, 0.29) is 12.5 Å². The maximum absolute atomic E-state index is 12.3. The summed E-state index contributed by atoms with van der Waals surface area (Å²) in [5.41, 5.74) is 9.84. The zero-order valence-corrected chi connectivity index (χ0v) is 16.7. The molecule has 1 aromatic rings. The number of hydrogen-bond acceptors (Lipinski definition) is 4. The molecule has 26 heavy (non-hydrogen) atoms. The third-order valence-corrected chi connectivity index (χ3v) is 8.18. The highest BCUT2D eigenvalue weighted by molar-refractivity contribution is 7.91. The Morgan fingerprint density at radius 3 is 2.77 bits per heavy atom. The van der Waals surface area contributed by atoms with E-state index < -0.39 is 15.4 Å². The largest absolute Gasteiger partial charge is 0.394 e. The summed E-state index contributed by atoms with van der Waals surface area (Å²) in [6.45, 7) is 2.09. The number of aliphatic hydroxyl groups excluding tert-OH is 1. The molecule has 1 fully saturated rings. The smallest absolute Gasteiger partial charge is 0.150 e. The second-order valence-electron chi connectivity index (χ2n) is 8.57. The Kier molecular flexibility index (Phi) is 6.10. The van der Waals surface area contributed by atoms with Gasteiger partial charge >= 0.3 is 0 Å². The van der Waals surface area contributed by atoms with E-state index in [0.717, 1.165) is 51.4 Å². The Balaban J connectivity index is 1.65. The molecule has 0 bridgehead atoms. The van der Waals surface area contributed by atoms with Gasteiger partial charge in [0.05, 0.1) is 18.1 Å². The van der Waals surface area contributed by atoms with E-state index in [1.54, 1.807) is 0 Å². The molecule has 1 unspecified atom stereocenters. The van der Waals surface area contributed by atoms with Crippen LogP contribution in [0.25, 0.3) is 0 Å². The van der Waals surface area contributed by atoms with Gasteiger partial charge in [0.15, 0.2) is 9.84 Å². The topological polar surface area (TPSA) is 80.4 Å². The first-order valence-corrected chi connectivity index (χ1v) is 11.9. The average Bonchev–Trinajstić information content (AvgIpc) is 3.02. The van der Waals surface area contributed by atoms with Gasteiger partial charge in [-0.1, -0.05) is 31.5 Å². The Bertz CT molecular complexity index is 731. The fourth-order valence-electron chi connectivity index (χ4n) is 4.64. The molecule has 3 N–H and O–H groups in total. The van der Waals surface area contributed by atoms with E-state index in [4.69, 9.17) is 5.73 Å². The lowest BCUT2D eigenvalue weighted by Crippen LogP contribution is -2.40. The maximum atomic E-state index is 12.3. The molecule has 0 radical (unpaired) electrons. The van der Waals surface area contributed by atoms with Crippen molar-refractivity contribution in [1.82, 2.24) is 0 Å². The molecule has 4 nitrogen and oxygen atoms in total. The van der Waals surface area contributed by atoms with Crippen molar-refractivity contribution in [3.63, 3.8) is 0 Å². The summed E-state index contributed by atoms with van der Waals surface area (Å²) >= 11 is 0. The Labute approximate surface area is 158 Å². The molecule has 0 aromatic heterocycles. The number of aliphatic hydroxyl groups is 1. The number of sulfone groups is 1. The number of aryl methyl sites for hydroxylation is 1. The summed E-state index contributed by atoms with van der Waals surface area (Å²) < 4.78 is 24.5. The fraction of sp³-hybridized carbons (Fsp3) is 0.714. The first-order chi connectivity index (χ1) is 12.3. The fourth-order valence-corrected chi connectivity index (χ4v) is 6.54. The average molecular weight is 380 g/mol. The van der Waals surface area contributed by atoms with Crippen molar-refractivity contribution in [1.29, 1.82) is 0 Å². The zero-order valence-electron chi connectivity index (χ0n) is 15.9. The first-order valence-electron chi connectivity index (χ1n) is 10.1. The van der Waals surface area contributed by atoms with Gasteiger partial charge in [-0.3, -0.25) is 0 Å². The normalized spacial score (nSPS) is 28.9. The van der Waals surface area contributed by atoms with E-state index in [2.05, 4.69) is 18.2 Å². The summed E-state index contributed by atoms with van der Waals surface area (Å²) in [6, 6.07) is 6.70. The molecular weight excluding hydrogens is 346 g/mol. The van der Waals surface area contributed by atoms with Crippen LogP contribution in [0.3, 0.4) is 0 Å². The van der Waals surface area contributed by atoms with Crippen LogP contribution < -0.4 is 5.73 Å². The highest BCUT2D eigenvalue weighted by Gasteiger charge is 2.36. The quantitative estimate of drug-likeness (QED) is 0.763. The molecule has 1 saturated carbocycles. The number of rotatable bonds is 7. The third-order valence-electron chi connectivity index (χ3n) is 6.29. The molecule has 0 spiro atoms. The van der Waals surface area contributed by atoms with Crippen LogP contribution in [0.15, 0.2) is 18.2 Å². The van der Waals surface area contributed by atoms with Crippen molar-refractivity contribution < 1.29 is 13.5 Å². The molecule has 3 rings (SSSR count). The maximum Gasteiger partial charge on any atom is 0.150 e. The van der Waals surface area contributed by atoms with Crippen molar-refractivity contribution in [3.8, 4) is 0 Å². The lowest BCUT2D eigenvalue weighted by atomic mass is 9.82. The molecule has 1 aromatic carbocycles. The van der Waals surface area contributed by atoms with E-state index in [1.165, 1.54) is 16.7 Å². The Morgan fingerprint density at radius 1 is 1.27 bits per heavy atom. The molecule has 0 aliphatic heterocycles. The van der Waals surface area contributed by atoms with Crippen molar-refractivity contribution >= 4 is 9.84 Å². The van der Waals surface area contributed by atoms with Gasteiger partial charge in [0.2, 0.25) is 0 Å². The number of fused-ring (bicyclic) bond motifs is 1. The Morgan fingerprint density at radius 2 is 2.08 bits per heavy atom. The van der Waals surface area contributed by atoms with Crippen LogP contribution >= 0.6 is 0 Å². The number of hydrogen-bond donors (Lipinski definition) is 2. The van der Waals surface area contributed by atoms with Crippen molar-refractivity contribution in [2.45, 2.75) is 69.7 Å². The van der Waals surface area contributed by atoms with E-state index in [1.807, 2.05) is 6.92 Å². The van der Waals surface area contributed by atoms with Crippen LogP contribution in [0.4, 0.5) is 0 Å². The lowest BCUT2D eigenvalue weighted by molar-refractivity contribution is 0.198. The molecule has 0 heterocycles. The van der Waals surface area contributed by atoms with Crippen molar-refractivity contribution in [2.24, 2.45) is 11.7 Å². The summed E-state index contributed by atoms with van der Waals surface area (Å²) in [6.07, 6.45) is 7.27. The van der Waals surface area contributed by atoms with E-state index >= 15 is 0 Å². The number of nitrogens with two attached hydrogens (primary N) is 1. The van der Waals surface area contributed by atoms with Gasteiger partial charge in [0.25, 0.3) is 0 Å². The van der Waals surface area contributed by atoms with Gasteiger partial charge in [0, 0.05) is 5.54 Å². The van der Waals surface area contributed by atoms with Gasteiger partial charge in [0.1, 0.15) is 0 Å². The standard InChI is InChI=1S/C21H33NO3S/c1-2-3-10-26(24,25)14-16-4-5-18-12-19(7-6-17(18)11-16)20-8-9-21(22,13-20)15-23/h6-7,12,16,20,23H,2-5,8-11,13-15,22H2,1H3/t16?,20-,21+/m0/s1. The zero-order chi connectivity index (χ0) is 18.8. The first kappa shape index (κ1) is 19.8. The minimum Gasteiger partial charge on any atom is -0.394 e. The van der Waals surface area contributed by atoms with Crippen LogP contribution in [0.1, 0.15) is 68.1 Å². The van der Waals surface area contributed by atoms with Crippen molar-refractivity contribution in [3.05, 3.63) is 34.9 Å². The van der Waals surface area contributed by atoms with Crippen LogP contribution in [0.2, 0.25) is 0 Å². The van der Waals surface area contributed by atoms with Gasteiger partial charge in [-0.2, -0.15) is 0 Å². The van der Waals surface area contributed by atoms with E-state index in [0.29, 0.717) is 17.4 Å².